The zero-order chi connectivity index (χ0) is 12.3. The van der Waals surface area contributed by atoms with Gasteiger partial charge in [-0.25, -0.2) is 0 Å². The van der Waals surface area contributed by atoms with Gasteiger partial charge in [0, 0.05) is 23.5 Å². The number of fused-ring (bicyclic) bond motifs is 1. The van der Waals surface area contributed by atoms with Crippen LogP contribution in [0.4, 0.5) is 0 Å². The predicted molar refractivity (Wildman–Crippen MR) is 69.6 cm³/mol. The van der Waals surface area contributed by atoms with E-state index in [4.69, 9.17) is 5.73 Å². The molecule has 17 heavy (non-hydrogen) atoms. The van der Waals surface area contributed by atoms with Crippen LogP contribution in [0.1, 0.15) is 25.3 Å². The average Bonchev–Trinajstić information content (AvgIpc) is 2.70. The molecule has 1 aromatic carbocycles. The fourth-order valence-electron chi connectivity index (χ4n) is 2.17. The van der Waals surface area contributed by atoms with Gasteiger partial charge in [0.05, 0.1) is 0 Å². The quantitative estimate of drug-likeness (QED) is 0.815. The number of hydrogen-bond acceptors (Lipinski definition) is 1. The van der Waals surface area contributed by atoms with E-state index in [0.29, 0.717) is 12.3 Å². The van der Waals surface area contributed by atoms with Crippen LogP contribution in [0, 0.1) is 5.92 Å². The summed E-state index contributed by atoms with van der Waals surface area (Å²) in [7, 11) is 0. The summed E-state index contributed by atoms with van der Waals surface area (Å²) >= 11 is 0. The van der Waals surface area contributed by atoms with Gasteiger partial charge in [-0.15, -0.1) is 0 Å². The minimum atomic E-state index is -0.212. The van der Waals surface area contributed by atoms with E-state index in [1.54, 1.807) is 0 Å². The molecule has 0 spiro atoms. The second-order valence-electron chi connectivity index (χ2n) is 4.67. The number of rotatable bonds is 5. The van der Waals surface area contributed by atoms with Crippen LogP contribution in [0.5, 0.6) is 0 Å². The van der Waals surface area contributed by atoms with Crippen molar-refractivity contribution < 1.29 is 4.79 Å². The van der Waals surface area contributed by atoms with Gasteiger partial charge in [-0.2, -0.15) is 0 Å². The molecule has 1 aromatic heterocycles. The standard InChI is InChI=1S/C14H18N2O/c1-10(6-7-14(15)17)8-11-9-16-13-5-3-2-4-12(11)13/h2-5,9-10,16H,6-8H2,1H3,(H2,15,17)/t10-/m0/s1. The second kappa shape index (κ2) is 5.04. The lowest BCUT2D eigenvalue weighted by molar-refractivity contribution is -0.118. The molecule has 0 bridgehead atoms. The molecule has 0 radical (unpaired) electrons. The third-order valence-corrected chi connectivity index (χ3v) is 3.13. The summed E-state index contributed by atoms with van der Waals surface area (Å²) in [5.41, 5.74) is 7.65. The van der Waals surface area contributed by atoms with Gasteiger partial charge in [0.25, 0.3) is 0 Å². The van der Waals surface area contributed by atoms with E-state index in [1.807, 2.05) is 12.1 Å². The van der Waals surface area contributed by atoms with E-state index in [1.165, 1.54) is 16.5 Å². The van der Waals surface area contributed by atoms with Crippen molar-refractivity contribution in [2.45, 2.75) is 26.2 Å². The number of para-hydroxylation sites is 1. The summed E-state index contributed by atoms with van der Waals surface area (Å²) in [4.78, 5) is 14.0. The van der Waals surface area contributed by atoms with Crippen LogP contribution < -0.4 is 5.73 Å². The number of H-pyrrole nitrogens is 1. The maximum absolute atomic E-state index is 10.7. The lowest BCUT2D eigenvalue weighted by Crippen LogP contribution is -2.12. The highest BCUT2D eigenvalue weighted by atomic mass is 16.1. The molecule has 0 saturated heterocycles. The minimum absolute atomic E-state index is 0.212. The van der Waals surface area contributed by atoms with Crippen LogP contribution in [-0.4, -0.2) is 10.9 Å². The van der Waals surface area contributed by atoms with Crippen LogP contribution in [-0.2, 0) is 11.2 Å². The smallest absolute Gasteiger partial charge is 0.217 e. The lowest BCUT2D eigenvalue weighted by Gasteiger charge is -2.09. The monoisotopic (exact) mass is 230 g/mol. The molecular formula is C14H18N2O. The normalized spacial score (nSPS) is 12.8. The number of nitrogens with two attached hydrogens (primary N) is 1. The fraction of sp³-hybridized carbons (Fsp3) is 0.357. The molecule has 90 valence electrons. The van der Waals surface area contributed by atoms with Gasteiger partial charge < -0.3 is 10.7 Å². The van der Waals surface area contributed by atoms with E-state index in [2.05, 4.69) is 30.2 Å². The van der Waals surface area contributed by atoms with Crippen molar-refractivity contribution in [1.29, 1.82) is 0 Å². The first-order valence-electron chi connectivity index (χ1n) is 6.00. The first-order valence-corrected chi connectivity index (χ1v) is 6.00. The maximum Gasteiger partial charge on any atom is 0.217 e. The Labute approximate surface area is 101 Å². The van der Waals surface area contributed by atoms with Crippen molar-refractivity contribution in [3.63, 3.8) is 0 Å². The third kappa shape index (κ3) is 2.87. The van der Waals surface area contributed by atoms with Crippen LogP contribution in [0.15, 0.2) is 30.5 Å². The van der Waals surface area contributed by atoms with Crippen LogP contribution in [0.2, 0.25) is 0 Å². The van der Waals surface area contributed by atoms with Crippen LogP contribution in [0.25, 0.3) is 10.9 Å². The Hall–Kier alpha value is -1.77. The van der Waals surface area contributed by atoms with Crippen molar-refractivity contribution >= 4 is 16.8 Å². The van der Waals surface area contributed by atoms with E-state index >= 15 is 0 Å². The van der Waals surface area contributed by atoms with E-state index < -0.39 is 0 Å². The summed E-state index contributed by atoms with van der Waals surface area (Å²) < 4.78 is 0. The summed E-state index contributed by atoms with van der Waals surface area (Å²) in [6.45, 7) is 2.16. The molecule has 3 N–H and O–H groups in total. The average molecular weight is 230 g/mol. The van der Waals surface area contributed by atoms with Crippen molar-refractivity contribution in [3.8, 4) is 0 Å². The number of primary amides is 1. The molecule has 2 rings (SSSR count). The van der Waals surface area contributed by atoms with E-state index in [-0.39, 0.29) is 5.91 Å². The molecule has 1 heterocycles. The fourth-order valence-corrected chi connectivity index (χ4v) is 2.17. The minimum Gasteiger partial charge on any atom is -0.370 e. The zero-order valence-electron chi connectivity index (χ0n) is 10.1. The number of carbonyl (C=O) groups is 1. The van der Waals surface area contributed by atoms with Gasteiger partial charge in [-0.3, -0.25) is 4.79 Å². The molecule has 0 unspecified atom stereocenters. The van der Waals surface area contributed by atoms with E-state index in [0.717, 1.165) is 12.8 Å². The Morgan fingerprint density at radius 1 is 1.41 bits per heavy atom. The Bertz CT molecular complexity index is 516. The molecule has 1 amide bonds. The number of benzene rings is 1. The molecule has 2 aromatic rings. The number of carbonyl (C=O) groups excluding carboxylic acids is 1. The lowest BCUT2D eigenvalue weighted by atomic mass is 9.96. The molecule has 1 atom stereocenters. The highest BCUT2D eigenvalue weighted by Crippen LogP contribution is 2.22. The number of hydrogen-bond donors (Lipinski definition) is 2. The van der Waals surface area contributed by atoms with Crippen LogP contribution >= 0.6 is 0 Å². The first-order chi connectivity index (χ1) is 8.16. The van der Waals surface area contributed by atoms with Crippen molar-refractivity contribution in [1.82, 2.24) is 4.98 Å². The Balaban J connectivity index is 2.05. The predicted octanol–water partition coefficient (Wildman–Crippen LogP) is 2.61. The largest absolute Gasteiger partial charge is 0.370 e. The van der Waals surface area contributed by atoms with Gasteiger partial charge in [-0.05, 0) is 30.4 Å². The van der Waals surface area contributed by atoms with Crippen molar-refractivity contribution in [3.05, 3.63) is 36.0 Å². The summed E-state index contributed by atoms with van der Waals surface area (Å²) in [5.74, 6) is 0.262. The highest BCUT2D eigenvalue weighted by Gasteiger charge is 2.09. The number of aromatic nitrogens is 1. The van der Waals surface area contributed by atoms with Crippen molar-refractivity contribution in [2.24, 2.45) is 11.7 Å². The van der Waals surface area contributed by atoms with Gasteiger partial charge in [0.1, 0.15) is 0 Å². The Morgan fingerprint density at radius 2 is 2.18 bits per heavy atom. The van der Waals surface area contributed by atoms with Gasteiger partial charge in [0.2, 0.25) is 5.91 Å². The molecule has 0 aliphatic rings. The van der Waals surface area contributed by atoms with Gasteiger partial charge in [-0.1, -0.05) is 25.1 Å². The molecule has 3 nitrogen and oxygen atoms in total. The maximum atomic E-state index is 10.7. The Morgan fingerprint density at radius 3 is 2.94 bits per heavy atom. The molecule has 0 fully saturated rings. The number of aromatic amines is 1. The molecule has 0 aliphatic carbocycles. The summed E-state index contributed by atoms with van der Waals surface area (Å²) in [5, 5.41) is 1.28. The molecule has 0 saturated carbocycles. The van der Waals surface area contributed by atoms with Crippen molar-refractivity contribution in [2.75, 3.05) is 0 Å². The molecular weight excluding hydrogens is 212 g/mol. The summed E-state index contributed by atoms with van der Waals surface area (Å²) in [6, 6.07) is 8.28. The zero-order valence-corrected chi connectivity index (χ0v) is 10.1. The summed E-state index contributed by atoms with van der Waals surface area (Å²) in [6.07, 6.45) is 4.38. The second-order valence-corrected chi connectivity index (χ2v) is 4.67. The number of amides is 1. The van der Waals surface area contributed by atoms with Gasteiger partial charge in [0.15, 0.2) is 0 Å². The highest BCUT2D eigenvalue weighted by molar-refractivity contribution is 5.83. The third-order valence-electron chi connectivity index (χ3n) is 3.13. The van der Waals surface area contributed by atoms with E-state index in [9.17, 15) is 4.79 Å². The van der Waals surface area contributed by atoms with Crippen LogP contribution in [0.3, 0.4) is 0 Å². The molecule has 0 aliphatic heterocycles. The number of nitrogens with one attached hydrogen (secondary N) is 1. The first kappa shape index (κ1) is 11.7. The topological polar surface area (TPSA) is 58.9 Å². The Kier molecular flexibility index (Phi) is 3.47. The van der Waals surface area contributed by atoms with Gasteiger partial charge >= 0.3 is 0 Å². The molecule has 3 heteroatoms. The SMILES string of the molecule is C[C@@H](CCC(N)=O)Cc1c[nH]c2ccccc12.